The number of fused-ring (bicyclic) bond motifs is 1. The van der Waals surface area contributed by atoms with Crippen LogP contribution in [0.4, 0.5) is 0 Å². The Morgan fingerprint density at radius 3 is 2.76 bits per heavy atom. The van der Waals surface area contributed by atoms with Crippen molar-refractivity contribution in [2.24, 2.45) is 10.7 Å². The van der Waals surface area contributed by atoms with E-state index in [1.165, 1.54) is 13.1 Å². The van der Waals surface area contributed by atoms with Crippen LogP contribution in [0.25, 0.3) is 0 Å². The molecule has 0 amide bonds. The molecule has 0 saturated carbocycles. The molecule has 8 heteroatoms. The van der Waals surface area contributed by atoms with Crippen LogP contribution in [0.1, 0.15) is 6.92 Å². The summed E-state index contributed by atoms with van der Waals surface area (Å²) >= 11 is 0. The van der Waals surface area contributed by atoms with Crippen LogP contribution in [0.5, 0.6) is 0 Å². The summed E-state index contributed by atoms with van der Waals surface area (Å²) < 4.78 is 0. The minimum atomic E-state index is -1.10. The quantitative estimate of drug-likeness (QED) is 0.290. The van der Waals surface area contributed by atoms with Gasteiger partial charge >= 0.3 is 0 Å². The molecule has 0 fully saturated rings. The van der Waals surface area contributed by atoms with Crippen LogP contribution in [0.3, 0.4) is 0 Å². The van der Waals surface area contributed by atoms with Crippen LogP contribution in [-0.4, -0.2) is 39.7 Å². The van der Waals surface area contributed by atoms with Crippen molar-refractivity contribution in [2.45, 2.75) is 25.4 Å². The van der Waals surface area contributed by atoms with E-state index >= 15 is 0 Å². The Morgan fingerprint density at radius 1 is 1.41 bits per heavy atom. The Morgan fingerprint density at radius 2 is 2.12 bits per heavy atom. The monoisotopic (exact) mass is 241 g/mol. The van der Waals surface area contributed by atoms with Gasteiger partial charge in [-0.3, -0.25) is 5.73 Å². The number of nitrogens with zero attached hydrogens (tertiary/aromatic N) is 1. The maximum Gasteiger partial charge on any atom is 0.215 e. The molecule has 3 unspecified atom stereocenters. The van der Waals surface area contributed by atoms with E-state index in [1.807, 2.05) is 0 Å². The van der Waals surface area contributed by atoms with Gasteiger partial charge in [-0.25, -0.2) is 4.99 Å². The Labute approximate surface area is 97.5 Å². The molecular formula is C9H15N5O3. The molecule has 0 radical (unpaired) electrons. The van der Waals surface area contributed by atoms with Crippen LogP contribution in [0.15, 0.2) is 28.5 Å². The number of hydrogen-bond donors (Lipinski definition) is 7. The number of rotatable bonds is 2. The lowest BCUT2D eigenvalue weighted by Crippen LogP contribution is -2.58. The van der Waals surface area contributed by atoms with Crippen LogP contribution in [0, 0.1) is 0 Å². The van der Waals surface area contributed by atoms with Crippen molar-refractivity contribution in [3.05, 3.63) is 23.5 Å². The zero-order chi connectivity index (χ0) is 12.6. The van der Waals surface area contributed by atoms with Gasteiger partial charge in [-0.2, -0.15) is 0 Å². The summed E-state index contributed by atoms with van der Waals surface area (Å²) in [5, 5.41) is 36.6. The van der Waals surface area contributed by atoms with Gasteiger partial charge in [-0.15, -0.1) is 0 Å². The molecule has 2 aliphatic heterocycles. The molecule has 3 atom stereocenters. The molecule has 0 aromatic carbocycles. The maximum atomic E-state index is 9.65. The van der Waals surface area contributed by atoms with Gasteiger partial charge in [0.2, 0.25) is 5.88 Å². The van der Waals surface area contributed by atoms with Crippen molar-refractivity contribution in [3.8, 4) is 0 Å². The molecule has 0 aromatic heterocycles. The number of nitrogens with one attached hydrogen (secondary N) is 3. The van der Waals surface area contributed by atoms with Crippen molar-refractivity contribution < 1.29 is 15.3 Å². The molecule has 8 nitrogen and oxygen atoms in total. The third kappa shape index (κ3) is 2.18. The third-order valence-corrected chi connectivity index (χ3v) is 2.42. The first-order chi connectivity index (χ1) is 7.99. The second kappa shape index (κ2) is 4.24. The molecule has 8 N–H and O–H groups in total. The van der Waals surface area contributed by atoms with Crippen LogP contribution in [0.2, 0.25) is 0 Å². The third-order valence-electron chi connectivity index (χ3n) is 2.42. The molecule has 0 aliphatic carbocycles. The molecular weight excluding hydrogens is 226 g/mol. The number of aliphatic hydroxyl groups is 3. The highest BCUT2D eigenvalue weighted by atomic mass is 16.3. The summed E-state index contributed by atoms with van der Waals surface area (Å²) in [6.45, 7) is 1.45. The van der Waals surface area contributed by atoms with E-state index in [2.05, 4.69) is 20.9 Å². The maximum absolute atomic E-state index is 9.65. The van der Waals surface area contributed by atoms with E-state index in [1.54, 1.807) is 0 Å². The van der Waals surface area contributed by atoms with Gasteiger partial charge in [0.15, 0.2) is 12.1 Å². The smallest absolute Gasteiger partial charge is 0.215 e. The average Bonchev–Trinajstić information content (AvgIpc) is 2.26. The highest BCUT2D eigenvalue weighted by molar-refractivity contribution is 6.00. The van der Waals surface area contributed by atoms with Crippen LogP contribution >= 0.6 is 0 Å². The number of hydrogen-bond acceptors (Lipinski definition) is 8. The fourth-order valence-corrected chi connectivity index (χ4v) is 1.52. The first kappa shape index (κ1) is 11.7. The van der Waals surface area contributed by atoms with Gasteiger partial charge in [0.1, 0.15) is 11.8 Å². The Kier molecular flexibility index (Phi) is 2.92. The lowest BCUT2D eigenvalue weighted by molar-refractivity contribution is 0.0535. The standard InChI is InChI=1S/C9H15N5O3/c1-3(15)6(16)4-2-11-5-7(12-4)13-9(10)14-8(5)17/h2-3,6,9,11,14-17H,10H2,1H3,(H,12,13). The van der Waals surface area contributed by atoms with Gasteiger partial charge < -0.3 is 31.3 Å². The predicted molar refractivity (Wildman–Crippen MR) is 60.2 cm³/mol. The average molecular weight is 241 g/mol. The van der Waals surface area contributed by atoms with Gasteiger partial charge in [-0.1, -0.05) is 0 Å². The lowest BCUT2D eigenvalue weighted by atomic mass is 10.1. The number of aliphatic imine (C=N–C) groups is 1. The zero-order valence-electron chi connectivity index (χ0n) is 9.18. The first-order valence-electron chi connectivity index (χ1n) is 5.12. The van der Waals surface area contributed by atoms with Crippen molar-refractivity contribution in [1.82, 2.24) is 16.0 Å². The SMILES string of the molecule is CC(O)C(O)C1=CNC2=C(O)NC(N)NC2=N1. The minimum absolute atomic E-state index is 0.128. The molecule has 2 aliphatic rings. The number of nitrogens with two attached hydrogens (primary N) is 1. The van der Waals surface area contributed by atoms with E-state index in [0.29, 0.717) is 11.5 Å². The van der Waals surface area contributed by atoms with Crippen LogP contribution < -0.4 is 21.7 Å². The summed E-state index contributed by atoms with van der Waals surface area (Å²) in [5.41, 5.74) is 6.16. The zero-order valence-corrected chi connectivity index (χ0v) is 9.18. The van der Waals surface area contributed by atoms with E-state index in [-0.39, 0.29) is 11.6 Å². The molecule has 0 aromatic rings. The number of amidine groups is 1. The summed E-state index contributed by atoms with van der Waals surface area (Å²) in [6, 6.07) is 0. The largest absolute Gasteiger partial charge is 0.493 e. The lowest BCUT2D eigenvalue weighted by Gasteiger charge is -2.29. The Balaban J connectivity index is 2.27. The molecule has 2 heterocycles. The second-order valence-corrected chi connectivity index (χ2v) is 3.85. The molecule has 0 saturated heterocycles. The number of aliphatic hydroxyl groups excluding tert-OH is 3. The van der Waals surface area contributed by atoms with E-state index in [9.17, 15) is 15.3 Å². The van der Waals surface area contributed by atoms with Crippen molar-refractivity contribution in [3.63, 3.8) is 0 Å². The highest BCUT2D eigenvalue weighted by Gasteiger charge is 2.27. The molecule has 0 bridgehead atoms. The fraction of sp³-hybridized carbons (Fsp3) is 0.444. The summed E-state index contributed by atoms with van der Waals surface area (Å²) in [5.74, 6) is 0.183. The van der Waals surface area contributed by atoms with Gasteiger partial charge in [-0.05, 0) is 6.92 Å². The predicted octanol–water partition coefficient (Wildman–Crippen LogP) is -2.27. The summed E-state index contributed by atoms with van der Waals surface area (Å²) in [6.07, 6.45) is -1.30. The topological polar surface area (TPSA) is 135 Å². The van der Waals surface area contributed by atoms with E-state index < -0.39 is 18.5 Å². The van der Waals surface area contributed by atoms with Crippen molar-refractivity contribution in [2.75, 3.05) is 0 Å². The van der Waals surface area contributed by atoms with Crippen molar-refractivity contribution in [1.29, 1.82) is 0 Å². The molecule has 17 heavy (non-hydrogen) atoms. The Hall–Kier alpha value is -1.77. The van der Waals surface area contributed by atoms with E-state index in [0.717, 1.165) is 0 Å². The summed E-state index contributed by atoms with van der Waals surface area (Å²) in [4.78, 5) is 4.08. The Bertz CT molecular complexity index is 415. The normalized spacial score (nSPS) is 26.7. The van der Waals surface area contributed by atoms with E-state index in [4.69, 9.17) is 5.73 Å². The van der Waals surface area contributed by atoms with Gasteiger partial charge in [0.05, 0.1) is 11.8 Å². The highest BCUT2D eigenvalue weighted by Crippen LogP contribution is 2.15. The summed E-state index contributed by atoms with van der Waals surface area (Å²) in [7, 11) is 0. The fourth-order valence-electron chi connectivity index (χ4n) is 1.52. The molecule has 94 valence electrons. The molecule has 2 rings (SSSR count). The van der Waals surface area contributed by atoms with Crippen LogP contribution in [-0.2, 0) is 0 Å². The van der Waals surface area contributed by atoms with Gasteiger partial charge in [0.25, 0.3) is 0 Å². The van der Waals surface area contributed by atoms with Gasteiger partial charge in [0, 0.05) is 6.20 Å². The first-order valence-corrected chi connectivity index (χ1v) is 5.12. The minimum Gasteiger partial charge on any atom is -0.493 e. The van der Waals surface area contributed by atoms with Crippen molar-refractivity contribution >= 4 is 5.84 Å². The molecule has 0 spiro atoms. The second-order valence-electron chi connectivity index (χ2n) is 3.85.